The summed E-state index contributed by atoms with van der Waals surface area (Å²) in [4.78, 5) is 11.9. The van der Waals surface area contributed by atoms with Gasteiger partial charge in [0.15, 0.2) is 0 Å². The van der Waals surface area contributed by atoms with Crippen molar-refractivity contribution in [3.05, 3.63) is 0 Å². The molecule has 0 bridgehead atoms. The summed E-state index contributed by atoms with van der Waals surface area (Å²) in [7, 11) is 1.32. The zero-order valence-electron chi connectivity index (χ0n) is 7.31. The molecule has 0 aliphatic heterocycles. The molecule has 1 amide bonds. The molecular formula is C7H14F2N2O. The number of rotatable bonds is 4. The lowest BCUT2D eigenvalue weighted by molar-refractivity contribution is -0.156. The molecule has 0 aliphatic rings. The van der Waals surface area contributed by atoms with Crippen LogP contribution in [0.15, 0.2) is 0 Å². The largest absolute Gasteiger partial charge is 0.339 e. The van der Waals surface area contributed by atoms with E-state index >= 15 is 0 Å². The van der Waals surface area contributed by atoms with Gasteiger partial charge in [-0.2, -0.15) is 8.78 Å². The fourth-order valence-electron chi connectivity index (χ4n) is 0.726. The van der Waals surface area contributed by atoms with Crippen LogP contribution in [0.25, 0.3) is 0 Å². The Morgan fingerprint density at radius 1 is 1.58 bits per heavy atom. The molecular weight excluding hydrogens is 166 g/mol. The fourth-order valence-corrected chi connectivity index (χ4v) is 0.726. The second-order valence-corrected chi connectivity index (χ2v) is 2.57. The van der Waals surface area contributed by atoms with Crippen LogP contribution in [0.1, 0.15) is 13.3 Å². The predicted octanol–water partition coefficient (Wildman–Crippen LogP) is 0.449. The van der Waals surface area contributed by atoms with Gasteiger partial charge in [-0.05, 0) is 0 Å². The van der Waals surface area contributed by atoms with Gasteiger partial charge in [0.25, 0.3) is 5.91 Å². The van der Waals surface area contributed by atoms with Crippen molar-refractivity contribution in [2.75, 3.05) is 20.1 Å². The minimum absolute atomic E-state index is 0.161. The molecule has 3 nitrogen and oxygen atoms in total. The van der Waals surface area contributed by atoms with Crippen LogP contribution < -0.4 is 5.73 Å². The summed E-state index contributed by atoms with van der Waals surface area (Å²) < 4.78 is 25.4. The van der Waals surface area contributed by atoms with Crippen LogP contribution in [0.2, 0.25) is 0 Å². The average Bonchev–Trinajstić information content (AvgIpc) is 2.03. The molecule has 0 atom stereocenters. The molecule has 72 valence electrons. The van der Waals surface area contributed by atoms with E-state index in [4.69, 9.17) is 5.73 Å². The third kappa shape index (κ3) is 2.73. The van der Waals surface area contributed by atoms with Gasteiger partial charge >= 0.3 is 5.92 Å². The number of carbonyl (C=O) groups excluding carboxylic acids is 1. The van der Waals surface area contributed by atoms with Gasteiger partial charge in [0, 0.05) is 26.6 Å². The van der Waals surface area contributed by atoms with Crippen molar-refractivity contribution in [3.8, 4) is 0 Å². The quantitative estimate of drug-likeness (QED) is 0.682. The van der Waals surface area contributed by atoms with E-state index in [1.54, 1.807) is 0 Å². The van der Waals surface area contributed by atoms with Crippen molar-refractivity contribution in [2.24, 2.45) is 5.73 Å². The van der Waals surface area contributed by atoms with Crippen LogP contribution in [-0.2, 0) is 4.79 Å². The standard InChI is InChI=1S/C7H14F2N2O/c1-3-7(8,9)6(12)11(2)5-4-10/h3-5,10H2,1-2H3. The highest BCUT2D eigenvalue weighted by molar-refractivity contribution is 5.83. The molecule has 0 spiro atoms. The zero-order chi connectivity index (χ0) is 9.78. The van der Waals surface area contributed by atoms with E-state index in [-0.39, 0.29) is 13.1 Å². The fraction of sp³-hybridized carbons (Fsp3) is 0.857. The number of carbonyl (C=O) groups is 1. The Hall–Kier alpha value is -0.710. The van der Waals surface area contributed by atoms with E-state index in [2.05, 4.69) is 0 Å². The van der Waals surface area contributed by atoms with Gasteiger partial charge in [-0.3, -0.25) is 4.79 Å². The molecule has 0 unspecified atom stereocenters. The first-order chi connectivity index (χ1) is 5.45. The minimum Gasteiger partial charge on any atom is -0.339 e. The van der Waals surface area contributed by atoms with Crippen LogP contribution >= 0.6 is 0 Å². The van der Waals surface area contributed by atoms with Crippen molar-refractivity contribution >= 4 is 5.91 Å². The number of amides is 1. The molecule has 0 aromatic heterocycles. The van der Waals surface area contributed by atoms with Crippen LogP contribution in [0, 0.1) is 0 Å². The molecule has 0 heterocycles. The SMILES string of the molecule is CCC(F)(F)C(=O)N(C)CCN. The molecule has 0 saturated heterocycles. The molecule has 0 radical (unpaired) electrons. The van der Waals surface area contributed by atoms with Crippen LogP contribution in [0.5, 0.6) is 0 Å². The molecule has 2 N–H and O–H groups in total. The summed E-state index contributed by atoms with van der Waals surface area (Å²) in [5.41, 5.74) is 5.11. The van der Waals surface area contributed by atoms with Crippen molar-refractivity contribution < 1.29 is 13.6 Å². The number of hydrogen-bond acceptors (Lipinski definition) is 2. The third-order valence-corrected chi connectivity index (χ3v) is 1.57. The monoisotopic (exact) mass is 180 g/mol. The first-order valence-corrected chi connectivity index (χ1v) is 3.79. The van der Waals surface area contributed by atoms with E-state index in [1.807, 2.05) is 0 Å². The Bertz CT molecular complexity index is 161. The molecule has 12 heavy (non-hydrogen) atoms. The Morgan fingerprint density at radius 3 is 2.42 bits per heavy atom. The maximum absolute atomic E-state index is 12.7. The van der Waals surface area contributed by atoms with Crippen LogP contribution in [-0.4, -0.2) is 36.9 Å². The molecule has 0 aromatic rings. The van der Waals surface area contributed by atoms with Crippen LogP contribution in [0.4, 0.5) is 8.78 Å². The van der Waals surface area contributed by atoms with E-state index < -0.39 is 18.3 Å². The van der Waals surface area contributed by atoms with Gasteiger partial charge < -0.3 is 10.6 Å². The maximum Gasteiger partial charge on any atom is 0.324 e. The summed E-state index contributed by atoms with van der Waals surface area (Å²) >= 11 is 0. The summed E-state index contributed by atoms with van der Waals surface area (Å²) in [5.74, 6) is -4.40. The first-order valence-electron chi connectivity index (χ1n) is 3.79. The lowest BCUT2D eigenvalue weighted by Crippen LogP contribution is -2.42. The summed E-state index contributed by atoms with van der Waals surface area (Å²) in [5, 5.41) is 0. The molecule has 0 aromatic carbocycles. The molecule has 5 heteroatoms. The van der Waals surface area contributed by atoms with E-state index in [9.17, 15) is 13.6 Å². The summed E-state index contributed by atoms with van der Waals surface area (Å²) in [6.07, 6.45) is -0.471. The zero-order valence-corrected chi connectivity index (χ0v) is 7.31. The van der Waals surface area contributed by atoms with E-state index in [0.717, 1.165) is 4.90 Å². The Balaban J connectivity index is 4.18. The van der Waals surface area contributed by atoms with E-state index in [0.29, 0.717) is 0 Å². The van der Waals surface area contributed by atoms with Crippen molar-refractivity contribution in [2.45, 2.75) is 19.3 Å². The highest BCUT2D eigenvalue weighted by Gasteiger charge is 2.38. The van der Waals surface area contributed by atoms with Gasteiger partial charge in [0.05, 0.1) is 0 Å². The highest BCUT2D eigenvalue weighted by Crippen LogP contribution is 2.19. The lowest BCUT2D eigenvalue weighted by Gasteiger charge is -2.21. The minimum atomic E-state index is -3.25. The smallest absolute Gasteiger partial charge is 0.324 e. The molecule has 0 fully saturated rings. The molecule has 0 aliphatic carbocycles. The molecule has 0 saturated carbocycles. The third-order valence-electron chi connectivity index (χ3n) is 1.57. The van der Waals surface area contributed by atoms with Gasteiger partial charge in [-0.1, -0.05) is 6.92 Å². The number of nitrogens with two attached hydrogens (primary N) is 1. The second-order valence-electron chi connectivity index (χ2n) is 2.57. The van der Waals surface area contributed by atoms with Crippen molar-refractivity contribution in [3.63, 3.8) is 0 Å². The number of nitrogens with zero attached hydrogens (tertiary/aromatic N) is 1. The number of alkyl halides is 2. The van der Waals surface area contributed by atoms with Crippen molar-refractivity contribution in [1.29, 1.82) is 0 Å². The van der Waals surface area contributed by atoms with Gasteiger partial charge in [-0.15, -0.1) is 0 Å². The number of halogens is 2. The first kappa shape index (κ1) is 11.3. The van der Waals surface area contributed by atoms with Gasteiger partial charge in [0.2, 0.25) is 0 Å². The average molecular weight is 180 g/mol. The summed E-state index contributed by atoms with van der Waals surface area (Å²) in [6, 6.07) is 0. The molecule has 0 rings (SSSR count). The Kier molecular flexibility index (Phi) is 4.09. The van der Waals surface area contributed by atoms with Crippen molar-refractivity contribution in [1.82, 2.24) is 4.90 Å². The maximum atomic E-state index is 12.7. The van der Waals surface area contributed by atoms with Crippen LogP contribution in [0.3, 0.4) is 0 Å². The Labute approximate surface area is 70.5 Å². The van der Waals surface area contributed by atoms with Gasteiger partial charge in [-0.25, -0.2) is 0 Å². The predicted molar refractivity (Wildman–Crippen MR) is 41.9 cm³/mol. The number of hydrogen-bond donors (Lipinski definition) is 1. The van der Waals surface area contributed by atoms with E-state index in [1.165, 1.54) is 14.0 Å². The normalized spacial score (nSPS) is 11.4. The summed E-state index contributed by atoms with van der Waals surface area (Å²) in [6.45, 7) is 1.63. The van der Waals surface area contributed by atoms with Gasteiger partial charge in [0.1, 0.15) is 0 Å². The second kappa shape index (κ2) is 4.35. The number of likely N-dealkylation sites (N-methyl/N-ethyl adjacent to an activating group) is 1. The lowest BCUT2D eigenvalue weighted by atomic mass is 10.2. The highest BCUT2D eigenvalue weighted by atomic mass is 19.3. The topological polar surface area (TPSA) is 46.3 Å². The Morgan fingerprint density at radius 2 is 2.08 bits per heavy atom.